The summed E-state index contributed by atoms with van der Waals surface area (Å²) in [6, 6.07) is 0. The number of hydrogen-bond donors (Lipinski definition) is 3. The van der Waals surface area contributed by atoms with Crippen molar-refractivity contribution in [1.82, 2.24) is 5.32 Å². The highest BCUT2D eigenvalue weighted by atomic mass is 32.2. The van der Waals surface area contributed by atoms with E-state index in [2.05, 4.69) is 10.5 Å². The number of nitrogens with one attached hydrogen (secondary N) is 1. The molecule has 0 aromatic carbocycles. The van der Waals surface area contributed by atoms with Gasteiger partial charge >= 0.3 is 0 Å². The fourth-order valence-corrected chi connectivity index (χ4v) is 1.04. The minimum Gasteiger partial charge on any atom is -0.409 e. The highest BCUT2D eigenvalue weighted by Crippen LogP contribution is 1.77. The summed E-state index contributed by atoms with van der Waals surface area (Å²) in [7, 11) is -0.755. The van der Waals surface area contributed by atoms with Crippen LogP contribution in [0.25, 0.3) is 0 Å². The molecule has 4 N–H and O–H groups in total. The van der Waals surface area contributed by atoms with Crippen LogP contribution in [0, 0.1) is 0 Å². The quantitative estimate of drug-likeness (QED) is 0.167. The molecule has 0 aliphatic carbocycles. The third-order valence-electron chi connectivity index (χ3n) is 1.25. The molecule has 0 amide bonds. The van der Waals surface area contributed by atoms with Gasteiger partial charge in [0.05, 0.1) is 0 Å². The Morgan fingerprint density at radius 2 is 2.33 bits per heavy atom. The molecule has 0 saturated carbocycles. The Balaban J connectivity index is 3.16. The van der Waals surface area contributed by atoms with Gasteiger partial charge in [0.15, 0.2) is 0 Å². The molecule has 0 aliphatic rings. The lowest BCUT2D eigenvalue weighted by molar-refractivity contribution is 0.316. The van der Waals surface area contributed by atoms with Gasteiger partial charge in [-0.3, -0.25) is 4.21 Å². The monoisotopic (exact) mass is 193 g/mol. The van der Waals surface area contributed by atoms with E-state index in [1.54, 1.807) is 6.26 Å². The molecule has 12 heavy (non-hydrogen) atoms. The molecule has 0 aromatic rings. The lowest BCUT2D eigenvalue weighted by atomic mass is 10.4. The standard InChI is InChI=1S/C6H15N3O2S/c1-12(11)5-4-8-3-2-6(7)9-10/h8,10H,2-5H2,1H3,(H2,7,9). The molecule has 0 saturated heterocycles. The number of nitrogens with zero attached hydrogens (tertiary/aromatic N) is 1. The third-order valence-corrected chi connectivity index (χ3v) is 2.03. The molecule has 72 valence electrons. The molecule has 0 bridgehead atoms. The van der Waals surface area contributed by atoms with Crippen molar-refractivity contribution in [3.63, 3.8) is 0 Å². The van der Waals surface area contributed by atoms with Gasteiger partial charge in [-0.1, -0.05) is 5.16 Å². The van der Waals surface area contributed by atoms with E-state index in [0.717, 1.165) is 0 Å². The number of nitrogens with two attached hydrogens (primary N) is 1. The molecule has 0 aromatic heterocycles. The first-order chi connectivity index (χ1) is 5.66. The van der Waals surface area contributed by atoms with Gasteiger partial charge < -0.3 is 16.3 Å². The van der Waals surface area contributed by atoms with Gasteiger partial charge in [0.25, 0.3) is 0 Å². The predicted octanol–water partition coefficient (Wildman–Crippen LogP) is -0.909. The van der Waals surface area contributed by atoms with Crippen LogP contribution < -0.4 is 11.1 Å². The number of amidine groups is 1. The lowest BCUT2D eigenvalue weighted by Crippen LogP contribution is -2.25. The van der Waals surface area contributed by atoms with Crippen molar-refractivity contribution >= 4 is 16.6 Å². The van der Waals surface area contributed by atoms with E-state index in [9.17, 15) is 4.21 Å². The molecule has 5 nitrogen and oxygen atoms in total. The normalized spacial score (nSPS) is 14.6. The summed E-state index contributed by atoms with van der Waals surface area (Å²) in [6.07, 6.45) is 2.16. The maximum Gasteiger partial charge on any atom is 0.140 e. The number of hydrogen-bond acceptors (Lipinski definition) is 4. The van der Waals surface area contributed by atoms with Gasteiger partial charge in [-0.2, -0.15) is 0 Å². The summed E-state index contributed by atoms with van der Waals surface area (Å²) in [4.78, 5) is 0. The van der Waals surface area contributed by atoms with E-state index in [1.165, 1.54) is 0 Å². The van der Waals surface area contributed by atoms with Crippen molar-refractivity contribution < 1.29 is 9.42 Å². The zero-order valence-corrected chi connectivity index (χ0v) is 7.93. The summed E-state index contributed by atoms with van der Waals surface area (Å²) >= 11 is 0. The van der Waals surface area contributed by atoms with Crippen LogP contribution in [0.1, 0.15) is 6.42 Å². The largest absolute Gasteiger partial charge is 0.409 e. The van der Waals surface area contributed by atoms with Crippen molar-refractivity contribution in [2.75, 3.05) is 25.1 Å². The Kier molecular flexibility index (Phi) is 6.69. The lowest BCUT2D eigenvalue weighted by Gasteiger charge is -2.01. The van der Waals surface area contributed by atoms with E-state index >= 15 is 0 Å². The fraction of sp³-hybridized carbons (Fsp3) is 0.833. The molecule has 1 atom stereocenters. The third kappa shape index (κ3) is 7.49. The van der Waals surface area contributed by atoms with Crippen LogP contribution >= 0.6 is 0 Å². The predicted molar refractivity (Wildman–Crippen MR) is 49.8 cm³/mol. The second kappa shape index (κ2) is 7.05. The Labute approximate surface area is 74.5 Å². The first kappa shape index (κ1) is 11.4. The number of oxime groups is 1. The summed E-state index contributed by atoms with van der Waals surface area (Å²) < 4.78 is 10.6. The van der Waals surface area contributed by atoms with Gasteiger partial charge in [0.2, 0.25) is 0 Å². The molecule has 6 heteroatoms. The van der Waals surface area contributed by atoms with E-state index in [-0.39, 0.29) is 5.84 Å². The fourth-order valence-electron chi connectivity index (χ4n) is 0.607. The molecule has 0 spiro atoms. The van der Waals surface area contributed by atoms with Crippen LogP contribution in [0.4, 0.5) is 0 Å². The van der Waals surface area contributed by atoms with Crippen LogP contribution in [0.15, 0.2) is 5.16 Å². The summed E-state index contributed by atoms with van der Waals surface area (Å²) in [5, 5.41) is 14.0. The Morgan fingerprint density at radius 1 is 1.67 bits per heavy atom. The first-order valence-corrected chi connectivity index (χ1v) is 5.36. The van der Waals surface area contributed by atoms with E-state index in [0.29, 0.717) is 25.3 Å². The average molecular weight is 193 g/mol. The van der Waals surface area contributed by atoms with Crippen molar-refractivity contribution in [3.8, 4) is 0 Å². The smallest absolute Gasteiger partial charge is 0.140 e. The SMILES string of the molecule is CS(=O)CCNCCC(N)=NO. The molecule has 0 heterocycles. The Bertz CT molecular complexity index is 172. The van der Waals surface area contributed by atoms with Gasteiger partial charge in [-0.15, -0.1) is 0 Å². The Morgan fingerprint density at radius 3 is 2.83 bits per heavy atom. The zero-order chi connectivity index (χ0) is 9.40. The molecule has 0 radical (unpaired) electrons. The van der Waals surface area contributed by atoms with Crippen LogP contribution in [0.2, 0.25) is 0 Å². The molecule has 0 aliphatic heterocycles. The van der Waals surface area contributed by atoms with E-state index < -0.39 is 10.8 Å². The average Bonchev–Trinajstić information content (AvgIpc) is 2.03. The van der Waals surface area contributed by atoms with Gasteiger partial charge in [-0.05, 0) is 0 Å². The summed E-state index contributed by atoms with van der Waals surface area (Å²) in [5.41, 5.74) is 5.21. The Hall–Kier alpha value is -0.620. The van der Waals surface area contributed by atoms with Crippen LogP contribution in [0.3, 0.4) is 0 Å². The minimum atomic E-state index is -0.755. The van der Waals surface area contributed by atoms with Crippen molar-refractivity contribution in [2.24, 2.45) is 10.9 Å². The molecular weight excluding hydrogens is 178 g/mol. The van der Waals surface area contributed by atoms with Crippen LogP contribution in [-0.2, 0) is 10.8 Å². The first-order valence-electron chi connectivity index (χ1n) is 3.64. The highest BCUT2D eigenvalue weighted by molar-refractivity contribution is 7.84. The molecular formula is C6H15N3O2S. The molecule has 1 unspecified atom stereocenters. The van der Waals surface area contributed by atoms with Gasteiger partial charge in [0, 0.05) is 42.3 Å². The van der Waals surface area contributed by atoms with E-state index in [1.807, 2.05) is 0 Å². The molecule has 0 fully saturated rings. The van der Waals surface area contributed by atoms with Gasteiger partial charge in [0.1, 0.15) is 5.84 Å². The van der Waals surface area contributed by atoms with Crippen molar-refractivity contribution in [3.05, 3.63) is 0 Å². The summed E-state index contributed by atoms with van der Waals surface area (Å²) in [5.74, 6) is 0.844. The van der Waals surface area contributed by atoms with Crippen molar-refractivity contribution in [2.45, 2.75) is 6.42 Å². The minimum absolute atomic E-state index is 0.208. The maximum atomic E-state index is 10.6. The second-order valence-electron chi connectivity index (χ2n) is 2.37. The molecule has 0 rings (SSSR count). The number of rotatable bonds is 6. The van der Waals surface area contributed by atoms with Crippen LogP contribution in [0.5, 0.6) is 0 Å². The highest BCUT2D eigenvalue weighted by Gasteiger charge is 1.93. The summed E-state index contributed by atoms with van der Waals surface area (Å²) in [6.45, 7) is 1.34. The zero-order valence-electron chi connectivity index (χ0n) is 7.12. The second-order valence-corrected chi connectivity index (χ2v) is 3.92. The van der Waals surface area contributed by atoms with E-state index in [4.69, 9.17) is 10.9 Å². The van der Waals surface area contributed by atoms with Gasteiger partial charge in [-0.25, -0.2) is 0 Å². The maximum absolute atomic E-state index is 10.6. The van der Waals surface area contributed by atoms with Crippen molar-refractivity contribution in [1.29, 1.82) is 0 Å². The topological polar surface area (TPSA) is 87.7 Å². The van der Waals surface area contributed by atoms with Crippen LogP contribution in [-0.4, -0.2) is 40.3 Å².